The predicted octanol–water partition coefficient (Wildman–Crippen LogP) is 0.924. The molecule has 2 heterocycles. The minimum atomic E-state index is -3.51. The van der Waals surface area contributed by atoms with Crippen molar-refractivity contribution in [2.24, 2.45) is 0 Å². The van der Waals surface area contributed by atoms with Gasteiger partial charge in [0.2, 0.25) is 10.0 Å². The molecule has 1 N–H and O–H groups in total. The standard InChI is InChI=1S/C12H19N3O3S/c1-2-14-11-4-5-13-10-12(11)19(16,17)15-6-3-8-18-9-7-15/h4-5,10H,2-3,6-9H2,1H3,(H,13,14). The summed E-state index contributed by atoms with van der Waals surface area (Å²) in [4.78, 5) is 4.17. The third-order valence-corrected chi connectivity index (χ3v) is 4.88. The first-order valence-corrected chi connectivity index (χ1v) is 7.86. The van der Waals surface area contributed by atoms with Crippen molar-refractivity contribution >= 4 is 15.7 Å². The van der Waals surface area contributed by atoms with E-state index in [0.29, 0.717) is 38.5 Å². The molecule has 0 saturated carbocycles. The smallest absolute Gasteiger partial charge is 0.246 e. The fourth-order valence-corrected chi connectivity index (χ4v) is 3.60. The molecule has 1 saturated heterocycles. The lowest BCUT2D eigenvalue weighted by molar-refractivity contribution is 0.148. The van der Waals surface area contributed by atoms with Crippen LogP contribution >= 0.6 is 0 Å². The quantitative estimate of drug-likeness (QED) is 0.891. The fraction of sp³-hybridized carbons (Fsp3) is 0.583. The molecule has 0 aromatic carbocycles. The van der Waals surface area contributed by atoms with Crippen molar-refractivity contribution in [3.8, 4) is 0 Å². The molecule has 0 spiro atoms. The van der Waals surface area contributed by atoms with Crippen LogP contribution in [0.15, 0.2) is 23.4 Å². The number of rotatable bonds is 4. The molecule has 106 valence electrons. The number of hydrogen-bond acceptors (Lipinski definition) is 5. The zero-order valence-corrected chi connectivity index (χ0v) is 11.8. The molecular formula is C12H19N3O3S. The maximum Gasteiger partial charge on any atom is 0.246 e. The maximum absolute atomic E-state index is 12.6. The lowest BCUT2D eigenvalue weighted by Gasteiger charge is -2.20. The Morgan fingerprint density at radius 2 is 2.26 bits per heavy atom. The van der Waals surface area contributed by atoms with Crippen LogP contribution in [0, 0.1) is 0 Å². The molecule has 1 aromatic rings. The van der Waals surface area contributed by atoms with Gasteiger partial charge < -0.3 is 10.1 Å². The average Bonchev–Trinajstić information content (AvgIpc) is 2.69. The molecule has 6 nitrogen and oxygen atoms in total. The summed E-state index contributed by atoms with van der Waals surface area (Å²) in [5.74, 6) is 0. The minimum Gasteiger partial charge on any atom is -0.384 e. The van der Waals surface area contributed by atoms with Crippen LogP contribution < -0.4 is 5.32 Å². The first-order chi connectivity index (χ1) is 9.16. The topological polar surface area (TPSA) is 71.5 Å². The second-order valence-corrected chi connectivity index (χ2v) is 6.18. The first-order valence-electron chi connectivity index (χ1n) is 6.42. The Hall–Kier alpha value is -1.18. The molecule has 19 heavy (non-hydrogen) atoms. The Bertz CT molecular complexity index is 511. The number of nitrogens with one attached hydrogen (secondary N) is 1. The molecule has 1 aliphatic heterocycles. The van der Waals surface area contributed by atoms with E-state index in [-0.39, 0.29) is 4.90 Å². The number of pyridine rings is 1. The van der Waals surface area contributed by atoms with Crippen LogP contribution in [-0.2, 0) is 14.8 Å². The third-order valence-electron chi connectivity index (χ3n) is 2.95. The van der Waals surface area contributed by atoms with Crippen LogP contribution in [0.1, 0.15) is 13.3 Å². The van der Waals surface area contributed by atoms with Gasteiger partial charge in [0.1, 0.15) is 4.90 Å². The Balaban J connectivity index is 2.32. The van der Waals surface area contributed by atoms with Crippen molar-refractivity contribution in [1.29, 1.82) is 0 Å². The Kier molecular flexibility index (Phi) is 4.73. The second kappa shape index (κ2) is 6.31. The van der Waals surface area contributed by atoms with Gasteiger partial charge >= 0.3 is 0 Å². The summed E-state index contributed by atoms with van der Waals surface area (Å²) in [5, 5.41) is 3.06. The second-order valence-electron chi connectivity index (χ2n) is 4.27. The molecule has 0 bridgehead atoms. The van der Waals surface area contributed by atoms with E-state index in [1.165, 1.54) is 10.5 Å². The largest absolute Gasteiger partial charge is 0.384 e. The number of ether oxygens (including phenoxy) is 1. The molecular weight excluding hydrogens is 266 g/mol. The van der Waals surface area contributed by atoms with Crippen LogP contribution in [0.4, 0.5) is 5.69 Å². The number of anilines is 1. The van der Waals surface area contributed by atoms with Crippen molar-refractivity contribution in [2.75, 3.05) is 38.2 Å². The van der Waals surface area contributed by atoms with Crippen molar-refractivity contribution in [2.45, 2.75) is 18.2 Å². The lowest BCUT2D eigenvalue weighted by Crippen LogP contribution is -2.33. The molecule has 0 aliphatic carbocycles. The minimum absolute atomic E-state index is 0.235. The summed E-state index contributed by atoms with van der Waals surface area (Å²) in [6.07, 6.45) is 3.71. The van der Waals surface area contributed by atoms with Crippen molar-refractivity contribution in [3.63, 3.8) is 0 Å². The molecule has 1 aliphatic rings. The van der Waals surface area contributed by atoms with Gasteiger partial charge in [0.05, 0.1) is 12.3 Å². The van der Waals surface area contributed by atoms with Crippen molar-refractivity contribution in [3.05, 3.63) is 18.5 Å². The van der Waals surface area contributed by atoms with Crippen molar-refractivity contribution in [1.82, 2.24) is 9.29 Å². The number of nitrogens with zero attached hydrogens (tertiary/aromatic N) is 2. The van der Waals surface area contributed by atoms with Gasteiger partial charge in [-0.2, -0.15) is 4.31 Å². The fourth-order valence-electron chi connectivity index (χ4n) is 2.02. The van der Waals surface area contributed by atoms with Gasteiger partial charge in [0, 0.05) is 38.6 Å². The van der Waals surface area contributed by atoms with E-state index in [1.54, 1.807) is 12.3 Å². The predicted molar refractivity (Wildman–Crippen MR) is 72.6 cm³/mol. The van der Waals surface area contributed by atoms with Crippen LogP contribution in [0.3, 0.4) is 0 Å². The summed E-state index contributed by atoms with van der Waals surface area (Å²) >= 11 is 0. The van der Waals surface area contributed by atoms with Gasteiger partial charge in [-0.1, -0.05) is 0 Å². The van der Waals surface area contributed by atoms with Crippen molar-refractivity contribution < 1.29 is 13.2 Å². The molecule has 0 amide bonds. The van der Waals surface area contributed by atoms with E-state index in [0.717, 1.165) is 6.42 Å². The Labute approximate surface area is 113 Å². The van der Waals surface area contributed by atoms with Crippen LogP contribution in [-0.4, -0.2) is 50.6 Å². The van der Waals surface area contributed by atoms with E-state index in [1.807, 2.05) is 6.92 Å². The van der Waals surface area contributed by atoms with Gasteiger partial charge in [-0.25, -0.2) is 8.42 Å². The van der Waals surface area contributed by atoms with Gasteiger partial charge in [0.15, 0.2) is 0 Å². The van der Waals surface area contributed by atoms with Crippen LogP contribution in [0.2, 0.25) is 0 Å². The average molecular weight is 285 g/mol. The van der Waals surface area contributed by atoms with Crippen LogP contribution in [0.5, 0.6) is 0 Å². The van der Waals surface area contributed by atoms with E-state index >= 15 is 0 Å². The maximum atomic E-state index is 12.6. The highest BCUT2D eigenvalue weighted by atomic mass is 32.2. The van der Waals surface area contributed by atoms with Gasteiger partial charge in [-0.05, 0) is 19.4 Å². The third kappa shape index (κ3) is 3.23. The Morgan fingerprint density at radius 3 is 3.05 bits per heavy atom. The molecule has 2 rings (SSSR count). The highest BCUT2D eigenvalue weighted by Crippen LogP contribution is 2.24. The number of hydrogen-bond donors (Lipinski definition) is 1. The monoisotopic (exact) mass is 285 g/mol. The number of aromatic nitrogens is 1. The molecule has 1 aromatic heterocycles. The zero-order chi connectivity index (χ0) is 13.7. The summed E-state index contributed by atoms with van der Waals surface area (Å²) in [7, 11) is -3.51. The summed E-state index contributed by atoms with van der Waals surface area (Å²) in [5.41, 5.74) is 0.600. The van der Waals surface area contributed by atoms with E-state index < -0.39 is 10.0 Å². The highest BCUT2D eigenvalue weighted by Gasteiger charge is 2.27. The lowest BCUT2D eigenvalue weighted by atomic mass is 10.4. The molecule has 7 heteroatoms. The van der Waals surface area contributed by atoms with Crippen LogP contribution in [0.25, 0.3) is 0 Å². The Morgan fingerprint density at radius 1 is 1.42 bits per heavy atom. The van der Waals surface area contributed by atoms with E-state index in [2.05, 4.69) is 10.3 Å². The van der Waals surface area contributed by atoms with Gasteiger partial charge in [-0.15, -0.1) is 0 Å². The molecule has 1 fully saturated rings. The summed E-state index contributed by atoms with van der Waals surface area (Å²) in [6.45, 7) is 4.52. The van der Waals surface area contributed by atoms with E-state index in [4.69, 9.17) is 4.74 Å². The first kappa shape index (κ1) is 14.2. The molecule has 0 atom stereocenters. The van der Waals surface area contributed by atoms with E-state index in [9.17, 15) is 8.42 Å². The van der Waals surface area contributed by atoms with Gasteiger partial charge in [0.25, 0.3) is 0 Å². The molecule has 0 unspecified atom stereocenters. The SMILES string of the molecule is CCNc1ccncc1S(=O)(=O)N1CCCOCC1. The summed E-state index contributed by atoms with van der Waals surface area (Å²) < 4.78 is 32.0. The molecule has 0 radical (unpaired) electrons. The normalized spacial score (nSPS) is 17.9. The number of sulfonamides is 1. The zero-order valence-electron chi connectivity index (χ0n) is 11.0. The summed E-state index contributed by atoms with van der Waals surface area (Å²) in [6, 6.07) is 1.69. The highest BCUT2D eigenvalue weighted by molar-refractivity contribution is 7.89. The van der Waals surface area contributed by atoms with Gasteiger partial charge in [-0.3, -0.25) is 4.98 Å².